The molecule has 5 heteroatoms. The molecule has 0 saturated carbocycles. The Bertz CT molecular complexity index is 323. The standard InChI is InChI=1S/C11H22N2O2S/c1-13(8-10-2-5-12-6-3-10)11-4-7-16(14,15)9-11/h10-12H,2-9H2,1H3. The van der Waals surface area contributed by atoms with E-state index in [1.807, 2.05) is 0 Å². The molecule has 2 rings (SSSR count). The highest BCUT2D eigenvalue weighted by Gasteiger charge is 2.31. The van der Waals surface area contributed by atoms with Gasteiger partial charge in [0, 0.05) is 12.6 Å². The van der Waals surface area contributed by atoms with Crippen molar-refractivity contribution in [1.29, 1.82) is 0 Å². The molecule has 0 aromatic heterocycles. The zero-order valence-corrected chi connectivity index (χ0v) is 10.8. The second kappa shape index (κ2) is 5.02. The third kappa shape index (κ3) is 3.18. The van der Waals surface area contributed by atoms with Crippen LogP contribution in [0.5, 0.6) is 0 Å². The van der Waals surface area contributed by atoms with Gasteiger partial charge >= 0.3 is 0 Å². The zero-order chi connectivity index (χ0) is 11.6. The molecule has 1 N–H and O–H groups in total. The number of piperidine rings is 1. The Morgan fingerprint density at radius 1 is 1.25 bits per heavy atom. The minimum atomic E-state index is -2.74. The Morgan fingerprint density at radius 3 is 2.50 bits per heavy atom. The lowest BCUT2D eigenvalue weighted by Crippen LogP contribution is -2.39. The molecule has 16 heavy (non-hydrogen) atoms. The molecule has 94 valence electrons. The normalized spacial score (nSPS) is 31.0. The molecule has 0 radical (unpaired) electrons. The van der Waals surface area contributed by atoms with Crippen LogP contribution in [0, 0.1) is 5.92 Å². The molecular formula is C11H22N2O2S. The summed E-state index contributed by atoms with van der Waals surface area (Å²) in [5.74, 6) is 1.50. The smallest absolute Gasteiger partial charge is 0.151 e. The molecule has 0 aromatic rings. The van der Waals surface area contributed by atoms with Gasteiger partial charge < -0.3 is 10.2 Å². The number of nitrogens with one attached hydrogen (secondary N) is 1. The van der Waals surface area contributed by atoms with E-state index in [-0.39, 0.29) is 6.04 Å². The summed E-state index contributed by atoms with van der Waals surface area (Å²) in [6.45, 7) is 3.28. The van der Waals surface area contributed by atoms with Crippen molar-refractivity contribution in [2.24, 2.45) is 5.92 Å². The van der Waals surface area contributed by atoms with Crippen molar-refractivity contribution in [3.05, 3.63) is 0 Å². The lowest BCUT2D eigenvalue weighted by atomic mass is 9.97. The van der Waals surface area contributed by atoms with Crippen molar-refractivity contribution < 1.29 is 8.42 Å². The van der Waals surface area contributed by atoms with Gasteiger partial charge in [-0.3, -0.25) is 0 Å². The molecule has 2 saturated heterocycles. The van der Waals surface area contributed by atoms with Gasteiger partial charge in [0.05, 0.1) is 11.5 Å². The number of hydrogen-bond acceptors (Lipinski definition) is 4. The molecule has 1 unspecified atom stereocenters. The van der Waals surface area contributed by atoms with Gasteiger partial charge in [-0.05, 0) is 45.3 Å². The molecule has 0 bridgehead atoms. The van der Waals surface area contributed by atoms with E-state index in [4.69, 9.17) is 0 Å². The van der Waals surface area contributed by atoms with Gasteiger partial charge in [-0.1, -0.05) is 0 Å². The van der Waals surface area contributed by atoms with E-state index in [2.05, 4.69) is 17.3 Å². The number of hydrogen-bond donors (Lipinski definition) is 1. The van der Waals surface area contributed by atoms with Crippen LogP contribution in [0.2, 0.25) is 0 Å². The summed E-state index contributed by atoms with van der Waals surface area (Å²) < 4.78 is 22.8. The van der Waals surface area contributed by atoms with Crippen molar-refractivity contribution in [1.82, 2.24) is 10.2 Å². The van der Waals surface area contributed by atoms with Crippen molar-refractivity contribution >= 4 is 9.84 Å². The molecule has 1 atom stereocenters. The third-order valence-electron chi connectivity index (χ3n) is 3.84. The number of sulfone groups is 1. The summed E-state index contributed by atoms with van der Waals surface area (Å²) in [5, 5.41) is 3.36. The zero-order valence-electron chi connectivity index (χ0n) is 9.98. The van der Waals surface area contributed by atoms with Crippen LogP contribution in [-0.4, -0.2) is 57.5 Å². The van der Waals surface area contributed by atoms with Crippen LogP contribution in [0.25, 0.3) is 0 Å². The van der Waals surface area contributed by atoms with E-state index >= 15 is 0 Å². The Kier molecular flexibility index (Phi) is 3.87. The SMILES string of the molecule is CN(CC1CCNCC1)C1CCS(=O)(=O)C1. The second-order valence-electron chi connectivity index (χ2n) is 5.19. The molecule has 0 aliphatic carbocycles. The molecule has 0 aromatic carbocycles. The first-order valence-corrected chi connectivity index (χ1v) is 8.00. The Hall–Kier alpha value is -0.130. The highest BCUT2D eigenvalue weighted by Crippen LogP contribution is 2.20. The lowest BCUT2D eigenvalue weighted by molar-refractivity contribution is 0.198. The van der Waals surface area contributed by atoms with Crippen LogP contribution >= 0.6 is 0 Å². The summed E-state index contributed by atoms with van der Waals surface area (Å²) >= 11 is 0. The third-order valence-corrected chi connectivity index (χ3v) is 5.59. The largest absolute Gasteiger partial charge is 0.317 e. The van der Waals surface area contributed by atoms with Crippen LogP contribution in [0.3, 0.4) is 0 Å². The fourth-order valence-corrected chi connectivity index (χ4v) is 4.55. The van der Waals surface area contributed by atoms with Gasteiger partial charge in [0.25, 0.3) is 0 Å². The summed E-state index contributed by atoms with van der Waals surface area (Å²) in [6, 6.07) is 0.264. The summed E-state index contributed by atoms with van der Waals surface area (Å²) in [6.07, 6.45) is 3.28. The highest BCUT2D eigenvalue weighted by atomic mass is 32.2. The first-order chi connectivity index (χ1) is 7.57. The van der Waals surface area contributed by atoms with E-state index in [0.29, 0.717) is 11.5 Å². The lowest BCUT2D eigenvalue weighted by Gasteiger charge is -2.30. The molecule has 2 aliphatic heterocycles. The maximum atomic E-state index is 11.4. The van der Waals surface area contributed by atoms with Gasteiger partial charge in [-0.15, -0.1) is 0 Å². The molecular weight excluding hydrogens is 224 g/mol. The maximum absolute atomic E-state index is 11.4. The average Bonchev–Trinajstić information content (AvgIpc) is 2.60. The van der Waals surface area contributed by atoms with Crippen LogP contribution in [0.4, 0.5) is 0 Å². The monoisotopic (exact) mass is 246 g/mol. The molecule has 2 aliphatic rings. The first kappa shape index (κ1) is 12.3. The minimum Gasteiger partial charge on any atom is -0.317 e. The van der Waals surface area contributed by atoms with Crippen LogP contribution in [0.15, 0.2) is 0 Å². The minimum absolute atomic E-state index is 0.264. The number of rotatable bonds is 3. The van der Waals surface area contributed by atoms with Crippen molar-refractivity contribution in [3.8, 4) is 0 Å². The molecule has 2 fully saturated rings. The second-order valence-corrected chi connectivity index (χ2v) is 7.42. The topological polar surface area (TPSA) is 49.4 Å². The predicted octanol–water partition coefficient (Wildman–Crippen LogP) is 0.105. The van der Waals surface area contributed by atoms with Crippen molar-refractivity contribution in [3.63, 3.8) is 0 Å². The fourth-order valence-electron chi connectivity index (χ4n) is 2.74. The van der Waals surface area contributed by atoms with Gasteiger partial charge in [-0.25, -0.2) is 8.42 Å². The van der Waals surface area contributed by atoms with Gasteiger partial charge in [0.1, 0.15) is 0 Å². The number of nitrogens with zero attached hydrogens (tertiary/aromatic N) is 1. The first-order valence-electron chi connectivity index (χ1n) is 6.18. The van der Waals surface area contributed by atoms with Gasteiger partial charge in [0.15, 0.2) is 9.84 Å². The summed E-state index contributed by atoms with van der Waals surface area (Å²) in [7, 11) is -0.658. The van der Waals surface area contributed by atoms with Crippen LogP contribution in [0.1, 0.15) is 19.3 Å². The van der Waals surface area contributed by atoms with Gasteiger partial charge in [0.2, 0.25) is 0 Å². The Morgan fingerprint density at radius 2 is 1.94 bits per heavy atom. The molecule has 4 nitrogen and oxygen atoms in total. The van der Waals surface area contributed by atoms with E-state index < -0.39 is 9.84 Å². The quantitative estimate of drug-likeness (QED) is 0.767. The molecule has 2 heterocycles. The Labute approximate surface area is 98.3 Å². The predicted molar refractivity (Wildman–Crippen MR) is 65.3 cm³/mol. The summed E-state index contributed by atoms with van der Waals surface area (Å²) in [4.78, 5) is 2.26. The van der Waals surface area contributed by atoms with E-state index in [1.54, 1.807) is 0 Å². The highest BCUT2D eigenvalue weighted by molar-refractivity contribution is 7.91. The van der Waals surface area contributed by atoms with Crippen molar-refractivity contribution in [2.45, 2.75) is 25.3 Å². The Balaban J connectivity index is 1.81. The van der Waals surface area contributed by atoms with E-state index in [9.17, 15) is 8.42 Å². The molecule has 0 amide bonds. The van der Waals surface area contributed by atoms with Crippen LogP contribution in [-0.2, 0) is 9.84 Å². The van der Waals surface area contributed by atoms with E-state index in [1.165, 1.54) is 12.8 Å². The fraction of sp³-hybridized carbons (Fsp3) is 1.00. The van der Waals surface area contributed by atoms with Crippen molar-refractivity contribution in [2.75, 3.05) is 38.2 Å². The average molecular weight is 246 g/mol. The van der Waals surface area contributed by atoms with E-state index in [0.717, 1.165) is 32.0 Å². The van der Waals surface area contributed by atoms with Crippen LogP contribution < -0.4 is 5.32 Å². The summed E-state index contributed by atoms with van der Waals surface area (Å²) in [5.41, 5.74) is 0. The van der Waals surface area contributed by atoms with Gasteiger partial charge in [-0.2, -0.15) is 0 Å². The molecule has 0 spiro atoms. The maximum Gasteiger partial charge on any atom is 0.151 e.